The van der Waals surface area contributed by atoms with Crippen LogP contribution in [0.25, 0.3) is 22.0 Å². The lowest BCUT2D eigenvalue weighted by Crippen LogP contribution is -2.31. The number of hydrogen-bond donors (Lipinski definition) is 3. The van der Waals surface area contributed by atoms with Crippen LogP contribution >= 0.6 is 0 Å². The van der Waals surface area contributed by atoms with Gasteiger partial charge in [0.05, 0.1) is 16.8 Å². The van der Waals surface area contributed by atoms with Crippen molar-refractivity contribution in [3.8, 4) is 16.9 Å². The number of Topliss-reactive ketones (excluding diaryl/α,β-unsaturated/α-hetero) is 1. The molecule has 1 saturated carbocycles. The molecule has 2 aliphatic rings. The summed E-state index contributed by atoms with van der Waals surface area (Å²) in [7, 11) is 0. The van der Waals surface area contributed by atoms with E-state index in [0.29, 0.717) is 28.1 Å². The number of nitrogens with one attached hydrogen (secondary N) is 2. The highest BCUT2D eigenvalue weighted by molar-refractivity contribution is 6.10. The topological polar surface area (TPSA) is 74.2 Å². The second-order valence-electron chi connectivity index (χ2n) is 8.78. The molecule has 0 spiro atoms. The Kier molecular flexibility index (Phi) is 5.51. The fraction of sp³-hybridized carbons (Fsp3) is 0.360. The third-order valence-electron chi connectivity index (χ3n) is 6.46. The molecule has 1 aromatic heterocycles. The first-order valence-corrected chi connectivity index (χ1v) is 11.1. The average molecular weight is 437 g/mol. The molecule has 2 aromatic carbocycles. The molecule has 0 bridgehead atoms. The molecule has 2 heterocycles. The zero-order valence-electron chi connectivity index (χ0n) is 17.6. The van der Waals surface area contributed by atoms with E-state index in [-0.39, 0.29) is 11.7 Å². The molecule has 0 radical (unpaired) electrons. The summed E-state index contributed by atoms with van der Waals surface area (Å²) in [6, 6.07) is 7.54. The number of phenols is 1. The summed E-state index contributed by atoms with van der Waals surface area (Å²) >= 11 is 0. The lowest BCUT2D eigenvalue weighted by molar-refractivity contribution is 0.0968. The second-order valence-corrected chi connectivity index (χ2v) is 8.78. The van der Waals surface area contributed by atoms with E-state index < -0.39 is 17.4 Å². The summed E-state index contributed by atoms with van der Waals surface area (Å²) < 4.78 is 27.9. The van der Waals surface area contributed by atoms with Crippen molar-refractivity contribution in [3.63, 3.8) is 0 Å². The third kappa shape index (κ3) is 4.05. The van der Waals surface area contributed by atoms with Crippen LogP contribution in [0.5, 0.6) is 5.75 Å². The van der Waals surface area contributed by atoms with E-state index in [4.69, 9.17) is 0 Å². The number of hydrogen-bond acceptors (Lipinski definition) is 5. The van der Waals surface area contributed by atoms with Crippen LogP contribution in [0.1, 0.15) is 36.0 Å². The van der Waals surface area contributed by atoms with E-state index in [1.807, 2.05) is 6.07 Å². The summed E-state index contributed by atoms with van der Waals surface area (Å²) in [6.07, 6.45) is 5.58. The normalized spacial score (nSPS) is 16.9. The van der Waals surface area contributed by atoms with Crippen molar-refractivity contribution in [2.24, 2.45) is 11.8 Å². The van der Waals surface area contributed by atoms with Crippen LogP contribution in [0.3, 0.4) is 0 Å². The number of benzene rings is 2. The first kappa shape index (κ1) is 20.8. The van der Waals surface area contributed by atoms with E-state index in [0.717, 1.165) is 68.5 Å². The van der Waals surface area contributed by atoms with E-state index in [2.05, 4.69) is 15.6 Å². The molecule has 1 aliphatic heterocycles. The van der Waals surface area contributed by atoms with Gasteiger partial charge in [-0.05, 0) is 80.1 Å². The van der Waals surface area contributed by atoms with Gasteiger partial charge in [-0.1, -0.05) is 6.07 Å². The van der Waals surface area contributed by atoms with Crippen LogP contribution in [0.15, 0.2) is 36.5 Å². The van der Waals surface area contributed by atoms with Gasteiger partial charge in [0.1, 0.15) is 0 Å². The van der Waals surface area contributed by atoms with Crippen molar-refractivity contribution in [1.82, 2.24) is 10.3 Å². The number of aromatic hydroxyl groups is 1. The largest absolute Gasteiger partial charge is 0.503 e. The van der Waals surface area contributed by atoms with Crippen molar-refractivity contribution in [2.45, 2.75) is 25.7 Å². The Morgan fingerprint density at radius 2 is 1.78 bits per heavy atom. The van der Waals surface area contributed by atoms with Gasteiger partial charge in [0.15, 0.2) is 23.2 Å². The van der Waals surface area contributed by atoms with Crippen molar-refractivity contribution >= 4 is 22.4 Å². The van der Waals surface area contributed by atoms with E-state index >= 15 is 0 Å². The predicted octanol–water partition coefficient (Wildman–Crippen LogP) is 4.89. The van der Waals surface area contributed by atoms with Gasteiger partial charge in [-0.15, -0.1) is 0 Å². The number of ketones is 1. The highest BCUT2D eigenvalue weighted by atomic mass is 19.1. The Morgan fingerprint density at radius 1 is 1.06 bits per heavy atom. The summed E-state index contributed by atoms with van der Waals surface area (Å²) in [6.45, 7) is 2.72. The molecule has 5 nitrogen and oxygen atoms in total. The van der Waals surface area contributed by atoms with Gasteiger partial charge in [-0.2, -0.15) is 0 Å². The molecule has 7 heteroatoms. The van der Waals surface area contributed by atoms with Crippen molar-refractivity contribution in [1.29, 1.82) is 0 Å². The van der Waals surface area contributed by atoms with E-state index in [1.54, 1.807) is 18.3 Å². The number of fused-ring (bicyclic) bond motifs is 1. The van der Waals surface area contributed by atoms with Crippen LogP contribution in [0.2, 0.25) is 0 Å². The van der Waals surface area contributed by atoms with Crippen LogP contribution < -0.4 is 10.6 Å². The molecule has 2 fully saturated rings. The molecule has 3 aromatic rings. The second kappa shape index (κ2) is 8.47. The lowest BCUT2D eigenvalue weighted by atomic mass is 9.96. The first-order valence-electron chi connectivity index (χ1n) is 11.1. The molecule has 32 heavy (non-hydrogen) atoms. The molecule has 3 N–H and O–H groups in total. The molecule has 0 unspecified atom stereocenters. The SMILES string of the molecule is O=C(c1cnc2ccc(-c3cc(F)c(O)c(F)c3)cc2c1NCC1CCNCC1)C1CC1. The highest BCUT2D eigenvalue weighted by Crippen LogP contribution is 2.38. The van der Waals surface area contributed by atoms with Crippen molar-refractivity contribution < 1.29 is 18.7 Å². The number of anilines is 1. The Labute approximate surface area is 184 Å². The quantitative estimate of drug-likeness (QED) is 0.479. The Hall–Kier alpha value is -3.06. The Bertz CT molecular complexity index is 1160. The summed E-state index contributed by atoms with van der Waals surface area (Å²) in [5, 5.41) is 17.1. The summed E-state index contributed by atoms with van der Waals surface area (Å²) in [5.41, 5.74) is 2.91. The average Bonchev–Trinajstić information content (AvgIpc) is 3.66. The van der Waals surface area contributed by atoms with Gasteiger partial charge in [0, 0.05) is 24.0 Å². The minimum absolute atomic E-state index is 0.0529. The first-order chi connectivity index (χ1) is 15.5. The molecule has 5 rings (SSSR count). The van der Waals surface area contributed by atoms with Crippen LogP contribution in [0.4, 0.5) is 14.5 Å². The molecule has 166 valence electrons. The minimum Gasteiger partial charge on any atom is -0.503 e. The molecule has 1 aliphatic carbocycles. The zero-order valence-corrected chi connectivity index (χ0v) is 17.6. The number of piperidine rings is 1. The Balaban J connectivity index is 1.58. The number of aromatic nitrogens is 1. The fourth-order valence-electron chi connectivity index (χ4n) is 4.38. The van der Waals surface area contributed by atoms with Gasteiger partial charge in [-0.3, -0.25) is 9.78 Å². The third-order valence-corrected chi connectivity index (χ3v) is 6.46. The van der Waals surface area contributed by atoms with Crippen molar-refractivity contribution in [3.05, 3.63) is 53.7 Å². The number of carbonyl (C=O) groups is 1. The van der Waals surface area contributed by atoms with E-state index in [9.17, 15) is 18.7 Å². The zero-order chi connectivity index (χ0) is 22.2. The molecule has 0 amide bonds. The standard InChI is InChI=1S/C25H25F2N3O2/c26-20-10-17(11-21(27)25(20)32)16-3-4-22-18(9-16)23(30-12-14-5-7-28-8-6-14)19(13-29-22)24(31)15-1-2-15/h3-4,9-11,13-15,28,32H,1-2,5-8,12H2,(H,29,30). The maximum Gasteiger partial charge on any atom is 0.187 e. The van der Waals surface area contributed by atoms with Gasteiger partial charge in [0.25, 0.3) is 0 Å². The lowest BCUT2D eigenvalue weighted by Gasteiger charge is -2.24. The maximum absolute atomic E-state index is 13.9. The van der Waals surface area contributed by atoms with Crippen LogP contribution in [-0.2, 0) is 0 Å². The fourth-order valence-corrected chi connectivity index (χ4v) is 4.38. The molecule has 0 atom stereocenters. The number of nitrogens with zero attached hydrogens (tertiary/aromatic N) is 1. The summed E-state index contributed by atoms with van der Waals surface area (Å²) in [4.78, 5) is 17.5. The van der Waals surface area contributed by atoms with E-state index in [1.165, 1.54) is 0 Å². The number of carbonyl (C=O) groups excluding carboxylic acids is 1. The minimum atomic E-state index is -1.01. The van der Waals surface area contributed by atoms with Crippen molar-refractivity contribution in [2.75, 3.05) is 25.0 Å². The highest BCUT2D eigenvalue weighted by Gasteiger charge is 2.32. The predicted molar refractivity (Wildman–Crippen MR) is 120 cm³/mol. The molecular formula is C25H25F2N3O2. The van der Waals surface area contributed by atoms with Gasteiger partial charge >= 0.3 is 0 Å². The van der Waals surface area contributed by atoms with Crippen LogP contribution in [0, 0.1) is 23.5 Å². The van der Waals surface area contributed by atoms with Gasteiger partial charge in [-0.25, -0.2) is 8.78 Å². The number of rotatable bonds is 6. The van der Waals surface area contributed by atoms with Crippen LogP contribution in [-0.4, -0.2) is 35.5 Å². The molecule has 1 saturated heterocycles. The number of phenolic OH excluding ortho intramolecular Hbond substituents is 1. The maximum atomic E-state index is 13.9. The number of halogens is 2. The smallest absolute Gasteiger partial charge is 0.187 e. The van der Waals surface area contributed by atoms with Gasteiger partial charge < -0.3 is 15.7 Å². The molecular weight excluding hydrogens is 412 g/mol. The van der Waals surface area contributed by atoms with Gasteiger partial charge in [0.2, 0.25) is 0 Å². The summed E-state index contributed by atoms with van der Waals surface area (Å²) in [5.74, 6) is -2.36. The monoisotopic (exact) mass is 437 g/mol. The Morgan fingerprint density at radius 3 is 2.47 bits per heavy atom. The number of pyridine rings is 1.